The molecule has 4 unspecified atom stereocenters. The number of benzene rings is 3. The van der Waals surface area contributed by atoms with Gasteiger partial charge in [0.2, 0.25) is 17.2 Å². The van der Waals surface area contributed by atoms with Crippen LogP contribution in [0.15, 0.2) is 80.9 Å². The molecule has 31 nitrogen and oxygen atoms in total. The van der Waals surface area contributed by atoms with Gasteiger partial charge in [0, 0.05) is 112 Å². The predicted octanol–water partition coefficient (Wildman–Crippen LogP) is 4.11. The van der Waals surface area contributed by atoms with E-state index in [0.717, 1.165) is 69.6 Å². The number of quaternary nitrogens is 1. The molecule has 3 aromatic rings. The predicted molar refractivity (Wildman–Crippen MR) is 349 cm³/mol. The first-order chi connectivity index (χ1) is 44.2. The number of aliphatic hydroxyl groups excluding tert-OH is 1. The van der Waals surface area contributed by atoms with Gasteiger partial charge in [-0.15, -0.1) is 0 Å². The average Bonchev–Trinajstić information content (AvgIpc) is 0.853. The standard InChI is InChI=1S/C60H85N10O21P3/c1-66(2)42-19-22-45-49(35-42)88-50-36-43(67(3)4)20-23-46(50)56(45)44-21-18-40(34-47(44)59(78)79)57(76)63-26-10-8-9-17-52(72)62-28-15-33-70(6,7)32-12-11-30-68(5)31-14-29-64-92(81,82)90-94(85,86)91-93(83,84)87-39-51-48(71)37-54(89-51)69-38-41(58(77)65-60(69)80)16-13-27-61-53(73)24-25-55(74)75/h13,16,18-23,34-36,38,48,51,54,71H,8-12,14-15,17,24-33,37,39H2,1-7H3,(H8-2,61,62,63,64,65,72,73,74,75,76,77,78,79,80,81,82,83,84,85,86)/p+2/b16-13+/t48?,51-,54-/m1/s1. The molecule has 11 N–H and O–H groups in total. The fourth-order valence-corrected chi connectivity index (χ4v) is 14.0. The Bertz CT molecular complexity index is 3850. The third kappa shape index (κ3) is 23.7. The molecular weight excluding hydrogens is 1290 g/mol. The fraction of sp³-hybridized carbons (Fsp3) is 0.500. The van der Waals surface area contributed by atoms with E-state index < -0.39 is 83.4 Å². The maximum absolute atomic E-state index is 13.3. The Morgan fingerprint density at radius 2 is 1.49 bits per heavy atom. The molecule has 6 atom stereocenters. The van der Waals surface area contributed by atoms with Gasteiger partial charge in [-0.25, -0.2) is 32.9 Å². The molecular formula is C60H87N10O21P3+2. The molecule has 2 aliphatic heterocycles. The number of rotatable bonds is 38. The zero-order valence-electron chi connectivity index (χ0n) is 53.7. The number of H-pyrrole nitrogens is 1. The second-order valence-electron chi connectivity index (χ2n) is 23.8. The lowest BCUT2D eigenvalue weighted by molar-refractivity contribution is -0.890. The zero-order chi connectivity index (χ0) is 69.1. The van der Waals surface area contributed by atoms with E-state index in [0.29, 0.717) is 74.3 Å². The number of phosphoric acid groups is 2. The molecule has 94 heavy (non-hydrogen) atoms. The summed E-state index contributed by atoms with van der Waals surface area (Å²) in [5, 5.41) is 41.8. The summed E-state index contributed by atoms with van der Waals surface area (Å²) in [5.74, 6) is -2.76. The van der Waals surface area contributed by atoms with Gasteiger partial charge in [0.1, 0.15) is 37.8 Å². The number of unbranched alkanes of at least 4 members (excludes halogenated alkanes) is 3. The van der Waals surface area contributed by atoms with E-state index in [9.17, 15) is 72.2 Å². The highest BCUT2D eigenvalue weighted by Crippen LogP contribution is 2.66. The quantitative estimate of drug-likeness (QED) is 0.00870. The van der Waals surface area contributed by atoms with Gasteiger partial charge in [0.15, 0.2) is 0 Å². The number of aliphatic carboxylic acids is 1. The Morgan fingerprint density at radius 1 is 0.787 bits per heavy atom. The molecule has 0 saturated carbocycles. The van der Waals surface area contributed by atoms with Gasteiger partial charge >= 0.3 is 41.0 Å². The van der Waals surface area contributed by atoms with Crippen LogP contribution in [0.2, 0.25) is 0 Å². The van der Waals surface area contributed by atoms with Gasteiger partial charge in [0.05, 0.1) is 63.5 Å². The Hall–Kier alpha value is -7.05. The van der Waals surface area contributed by atoms with Crippen molar-refractivity contribution in [2.75, 3.05) is 113 Å². The summed E-state index contributed by atoms with van der Waals surface area (Å²) >= 11 is 0. The first-order valence-corrected chi connectivity index (χ1v) is 35.1. The highest BCUT2D eigenvalue weighted by molar-refractivity contribution is 7.67. The fourth-order valence-electron chi connectivity index (χ4n) is 10.3. The molecule has 3 heterocycles. The number of aromatic nitrogens is 2. The van der Waals surface area contributed by atoms with Gasteiger partial charge < -0.3 is 69.4 Å². The van der Waals surface area contributed by atoms with Crippen LogP contribution in [0.3, 0.4) is 0 Å². The monoisotopic (exact) mass is 1380 g/mol. The number of phosphoric ester groups is 1. The highest BCUT2D eigenvalue weighted by Gasteiger charge is 2.43. The molecule has 3 amide bonds. The summed E-state index contributed by atoms with van der Waals surface area (Å²) in [6.07, 6.45) is 3.67. The van der Waals surface area contributed by atoms with Crippen LogP contribution in [0.4, 0.5) is 5.69 Å². The molecule has 0 spiro atoms. The molecule has 1 aromatic heterocycles. The third-order valence-electron chi connectivity index (χ3n) is 15.3. The van der Waals surface area contributed by atoms with Crippen LogP contribution in [-0.2, 0) is 46.0 Å². The first-order valence-electron chi connectivity index (χ1n) is 30.5. The lowest BCUT2D eigenvalue weighted by Crippen LogP contribution is -2.42. The van der Waals surface area contributed by atoms with E-state index in [1.165, 1.54) is 18.2 Å². The van der Waals surface area contributed by atoms with Gasteiger partial charge in [-0.2, -0.15) is 8.62 Å². The molecule has 0 bridgehead atoms. The van der Waals surface area contributed by atoms with E-state index in [-0.39, 0.29) is 61.4 Å². The average molecular weight is 1380 g/mol. The largest absolute Gasteiger partial charge is 0.489 e. The highest BCUT2D eigenvalue weighted by atomic mass is 31.3. The summed E-state index contributed by atoms with van der Waals surface area (Å²) < 4.78 is 66.7. The Labute approximate surface area is 542 Å². The number of aromatic amines is 1. The molecule has 3 aliphatic rings. The van der Waals surface area contributed by atoms with Crippen LogP contribution >= 0.6 is 23.4 Å². The molecule has 516 valence electrons. The minimum atomic E-state index is -5.77. The number of nitrogens with one attached hydrogen (secondary N) is 5. The second-order valence-corrected chi connectivity index (χ2v) is 28.6. The molecule has 1 saturated heterocycles. The zero-order valence-corrected chi connectivity index (χ0v) is 56.4. The number of ether oxygens (including phenoxy) is 1. The van der Waals surface area contributed by atoms with E-state index in [2.05, 4.69) is 48.7 Å². The minimum absolute atomic E-state index is 0.0221. The van der Waals surface area contributed by atoms with Crippen molar-refractivity contribution in [2.45, 2.75) is 89.1 Å². The van der Waals surface area contributed by atoms with Crippen LogP contribution in [0.25, 0.3) is 39.5 Å². The lowest BCUT2D eigenvalue weighted by atomic mass is 9.89. The summed E-state index contributed by atoms with van der Waals surface area (Å²) in [6.45, 7) is 2.48. The van der Waals surface area contributed by atoms with Crippen molar-refractivity contribution in [3.05, 3.63) is 110 Å². The van der Waals surface area contributed by atoms with Gasteiger partial charge in [-0.05, 0) is 88.1 Å². The van der Waals surface area contributed by atoms with Crippen molar-refractivity contribution in [2.24, 2.45) is 0 Å². The molecule has 1 fully saturated rings. The summed E-state index contributed by atoms with van der Waals surface area (Å²) in [4.78, 5) is 123. The molecule has 34 heteroatoms. The molecule has 0 radical (unpaired) electrons. The van der Waals surface area contributed by atoms with Crippen molar-refractivity contribution < 1.29 is 94.4 Å². The number of aliphatic hydroxyl groups is 1. The van der Waals surface area contributed by atoms with Crippen molar-refractivity contribution in [3.8, 4) is 22.5 Å². The number of fused-ring (bicyclic) bond motifs is 2. The van der Waals surface area contributed by atoms with E-state index in [1.54, 1.807) is 12.1 Å². The van der Waals surface area contributed by atoms with Crippen LogP contribution in [0, 0.1) is 0 Å². The van der Waals surface area contributed by atoms with Crippen LogP contribution in [0.5, 0.6) is 0 Å². The maximum Gasteiger partial charge on any atom is 0.489 e. The number of carbonyl (C=O) groups excluding carboxylic acids is 3. The Morgan fingerprint density at radius 3 is 2.20 bits per heavy atom. The third-order valence-corrected chi connectivity index (χ3v) is 19.8. The number of carboxylic acid groups (broad SMARTS) is 2. The Kier molecular flexibility index (Phi) is 27.9. The summed E-state index contributed by atoms with van der Waals surface area (Å²) in [6, 6.07) is 16.3. The first kappa shape index (κ1) is 76.0. The van der Waals surface area contributed by atoms with Gasteiger partial charge in [0.25, 0.3) is 11.5 Å². The minimum Gasteiger partial charge on any atom is -0.481 e. The second kappa shape index (κ2) is 34.6. The Balaban J connectivity index is 0.812. The normalized spacial score (nSPS) is 17.0. The summed E-state index contributed by atoms with van der Waals surface area (Å²) in [7, 11) is -2.65. The molecule has 2 aromatic carbocycles. The van der Waals surface area contributed by atoms with Crippen molar-refractivity contribution in [1.29, 1.82) is 0 Å². The number of aromatic carboxylic acids is 1. The van der Waals surface area contributed by atoms with Crippen molar-refractivity contribution >= 4 is 75.8 Å². The SMILES string of the molecule is CN(CCCC[N+](C)(C)CCCNC(=O)CCCCCNC(=O)c1ccc(-c2c3ccc(=[N+](C)C)cc-3oc3cc(N(C)C)ccc23)c(C(=O)O)c1)CCCNP(=O)(O)OP(=O)(O)OP(=O)(O)OC[C@H]1O[C@@H](n2cc(/C=C/CNC(=O)CCC(=O)O)c(=O)[nH]c2=O)CC1O. The van der Waals surface area contributed by atoms with E-state index >= 15 is 0 Å². The lowest BCUT2D eigenvalue weighted by Gasteiger charge is -2.30. The number of hydrogen-bond acceptors (Lipinski definition) is 18. The van der Waals surface area contributed by atoms with E-state index in [1.807, 2.05) is 86.0 Å². The molecule has 6 rings (SSSR count). The number of nitrogens with zero attached hydrogens (tertiary/aromatic N) is 5. The van der Waals surface area contributed by atoms with Crippen LogP contribution < -0.4 is 47.1 Å². The maximum atomic E-state index is 13.3. The number of anilines is 1. The van der Waals surface area contributed by atoms with Crippen molar-refractivity contribution in [3.63, 3.8) is 0 Å². The van der Waals surface area contributed by atoms with Crippen LogP contribution in [-0.4, -0.2) is 199 Å². The topological polar surface area (TPSA) is 420 Å². The number of carboxylic acids is 2. The van der Waals surface area contributed by atoms with Gasteiger partial charge in [-0.1, -0.05) is 24.6 Å². The number of hydrogen-bond donors (Lipinski definition) is 11. The number of amides is 3. The van der Waals surface area contributed by atoms with Crippen molar-refractivity contribution in [1.82, 2.24) is 40.1 Å². The summed E-state index contributed by atoms with van der Waals surface area (Å²) in [5.41, 5.74) is 1.70. The van der Waals surface area contributed by atoms with E-state index in [4.69, 9.17) is 18.8 Å². The number of carbonyl (C=O) groups is 5. The molecule has 1 aliphatic carbocycles. The van der Waals surface area contributed by atoms with Gasteiger partial charge in [-0.3, -0.25) is 38.0 Å². The van der Waals surface area contributed by atoms with Crippen LogP contribution in [0.1, 0.15) is 103 Å². The smallest absolute Gasteiger partial charge is 0.481 e.